The Balaban J connectivity index is 1.55. The highest BCUT2D eigenvalue weighted by atomic mass is 16.3. The van der Waals surface area contributed by atoms with Gasteiger partial charge in [-0.2, -0.15) is 0 Å². The van der Waals surface area contributed by atoms with Crippen LogP contribution in [-0.2, 0) is 0 Å². The number of nitrogens with one attached hydrogen (secondary N) is 1. The second-order valence-electron chi connectivity index (χ2n) is 8.00. The fourth-order valence-electron chi connectivity index (χ4n) is 4.58. The molecule has 6 rings (SSSR count). The van der Waals surface area contributed by atoms with E-state index in [1.54, 1.807) is 0 Å². The Kier molecular flexibility index (Phi) is 4.08. The van der Waals surface area contributed by atoms with Crippen molar-refractivity contribution in [3.8, 4) is 0 Å². The van der Waals surface area contributed by atoms with Crippen molar-refractivity contribution in [1.29, 1.82) is 0 Å². The van der Waals surface area contributed by atoms with Gasteiger partial charge in [0.05, 0.1) is 16.8 Å². The summed E-state index contributed by atoms with van der Waals surface area (Å²) >= 11 is 0. The third-order valence-electron chi connectivity index (χ3n) is 6.08. The number of anilines is 2. The van der Waals surface area contributed by atoms with Gasteiger partial charge in [0.25, 0.3) is 0 Å². The Hall–Kier alpha value is -4.37. The average molecular weight is 413 g/mol. The molecular weight excluding hydrogens is 394 g/mol. The van der Waals surface area contributed by atoms with Gasteiger partial charge in [0, 0.05) is 16.6 Å². The highest BCUT2D eigenvalue weighted by Gasteiger charge is 2.31. The number of aliphatic hydroxyl groups is 1. The fourth-order valence-corrected chi connectivity index (χ4v) is 4.58. The van der Waals surface area contributed by atoms with Crippen LogP contribution >= 0.6 is 0 Å². The van der Waals surface area contributed by atoms with Crippen molar-refractivity contribution in [3.63, 3.8) is 0 Å². The summed E-state index contributed by atoms with van der Waals surface area (Å²) in [6, 6.07) is 33.4. The fraction of sp³-hybridized carbons (Fsp3) is 0. The van der Waals surface area contributed by atoms with Crippen LogP contribution in [0.1, 0.15) is 21.5 Å². The summed E-state index contributed by atoms with van der Waals surface area (Å²) in [6.07, 6.45) is 0. The Bertz CT molecular complexity index is 1570. The van der Waals surface area contributed by atoms with Crippen molar-refractivity contribution in [2.45, 2.75) is 0 Å². The predicted molar refractivity (Wildman–Crippen MR) is 131 cm³/mol. The quantitative estimate of drug-likeness (QED) is 0.325. The molecule has 0 heterocycles. The van der Waals surface area contributed by atoms with E-state index in [4.69, 9.17) is 0 Å². The number of hydrogen-bond donors (Lipinski definition) is 2. The molecule has 0 bridgehead atoms. The second-order valence-corrected chi connectivity index (χ2v) is 8.00. The van der Waals surface area contributed by atoms with Crippen molar-refractivity contribution in [2.75, 3.05) is 5.32 Å². The van der Waals surface area contributed by atoms with Crippen LogP contribution in [-0.4, -0.2) is 10.9 Å². The molecule has 3 nitrogen and oxygen atoms in total. The number of carbonyl (C=O) groups is 1. The van der Waals surface area contributed by atoms with Crippen molar-refractivity contribution < 1.29 is 9.90 Å². The first-order chi connectivity index (χ1) is 15.7. The van der Waals surface area contributed by atoms with Gasteiger partial charge in [-0.05, 0) is 39.9 Å². The first kappa shape index (κ1) is 18.4. The molecule has 32 heavy (non-hydrogen) atoms. The molecule has 0 amide bonds. The summed E-state index contributed by atoms with van der Waals surface area (Å²) in [6.45, 7) is 0. The smallest absolute Gasteiger partial charge is 0.200 e. The van der Waals surface area contributed by atoms with Gasteiger partial charge in [-0.25, -0.2) is 0 Å². The summed E-state index contributed by atoms with van der Waals surface area (Å²) < 4.78 is 0. The van der Waals surface area contributed by atoms with Crippen LogP contribution in [0.3, 0.4) is 0 Å². The summed E-state index contributed by atoms with van der Waals surface area (Å²) in [5, 5.41) is 18.5. The van der Waals surface area contributed by atoms with Crippen LogP contribution in [0, 0.1) is 0 Å². The predicted octanol–water partition coefficient (Wildman–Crippen LogP) is 7.36. The molecular formula is C29H19NO2. The molecule has 0 unspecified atom stereocenters. The molecule has 0 saturated heterocycles. The van der Waals surface area contributed by atoms with Gasteiger partial charge >= 0.3 is 0 Å². The average Bonchev–Trinajstić information content (AvgIpc) is 2.83. The van der Waals surface area contributed by atoms with E-state index in [9.17, 15) is 9.90 Å². The van der Waals surface area contributed by atoms with E-state index in [0.29, 0.717) is 22.3 Å². The minimum Gasteiger partial charge on any atom is -0.507 e. The first-order valence-corrected chi connectivity index (χ1v) is 10.6. The van der Waals surface area contributed by atoms with Gasteiger partial charge < -0.3 is 10.4 Å². The molecule has 1 aliphatic carbocycles. The minimum atomic E-state index is -0.179. The number of aliphatic hydroxyl groups excluding tert-OH is 1. The lowest BCUT2D eigenvalue weighted by Gasteiger charge is -2.23. The monoisotopic (exact) mass is 413 g/mol. The van der Waals surface area contributed by atoms with Gasteiger partial charge in [-0.1, -0.05) is 84.9 Å². The standard InChI is InChI=1S/C29H19NO2/c31-28-23-12-6-11-20-14-16-24(30-22-15-13-18-7-4-5-10-21(18)17-22)27(25(20)23)29(32)26(28)19-8-2-1-3-9-19/h1-17,30-31H. The largest absolute Gasteiger partial charge is 0.507 e. The SMILES string of the molecule is O=C1C(c2ccccc2)=C(O)c2cccc3ccc(Nc4ccc5ccccc5c4)c1c23. The molecule has 0 aliphatic heterocycles. The van der Waals surface area contributed by atoms with E-state index >= 15 is 0 Å². The number of Topliss-reactive ketones (excluding diaryl/α,β-unsaturated/α-hetero) is 1. The van der Waals surface area contributed by atoms with E-state index in [-0.39, 0.29) is 11.5 Å². The van der Waals surface area contributed by atoms with Crippen LogP contribution < -0.4 is 5.32 Å². The van der Waals surface area contributed by atoms with E-state index in [1.165, 1.54) is 0 Å². The van der Waals surface area contributed by atoms with Crippen molar-refractivity contribution in [2.24, 2.45) is 0 Å². The Morgan fingerprint density at radius 1 is 0.656 bits per heavy atom. The van der Waals surface area contributed by atoms with Crippen LogP contribution in [0.5, 0.6) is 0 Å². The zero-order valence-electron chi connectivity index (χ0n) is 17.2. The van der Waals surface area contributed by atoms with Gasteiger partial charge in [-0.3, -0.25) is 4.79 Å². The highest BCUT2D eigenvalue weighted by molar-refractivity contribution is 6.41. The molecule has 1 aliphatic rings. The van der Waals surface area contributed by atoms with Gasteiger partial charge in [0.2, 0.25) is 0 Å². The molecule has 0 aromatic heterocycles. The Morgan fingerprint density at radius 3 is 2.22 bits per heavy atom. The van der Waals surface area contributed by atoms with Gasteiger partial charge in [0.1, 0.15) is 5.76 Å². The van der Waals surface area contributed by atoms with E-state index < -0.39 is 0 Å². The van der Waals surface area contributed by atoms with Crippen LogP contribution in [0.25, 0.3) is 32.9 Å². The summed E-state index contributed by atoms with van der Waals surface area (Å²) in [7, 11) is 0. The Labute approximate surface area is 185 Å². The van der Waals surface area contributed by atoms with Crippen LogP contribution in [0.4, 0.5) is 11.4 Å². The van der Waals surface area contributed by atoms with Crippen molar-refractivity contribution >= 4 is 50.0 Å². The zero-order chi connectivity index (χ0) is 21.7. The lowest BCUT2D eigenvalue weighted by molar-refractivity contribution is 0.105. The number of allylic oxidation sites excluding steroid dienone is 1. The highest BCUT2D eigenvalue weighted by Crippen LogP contribution is 2.42. The number of benzene rings is 5. The molecule has 0 radical (unpaired) electrons. The van der Waals surface area contributed by atoms with Crippen LogP contribution in [0.15, 0.2) is 103 Å². The molecule has 5 aromatic rings. The molecule has 152 valence electrons. The number of rotatable bonds is 3. The Morgan fingerprint density at radius 2 is 1.38 bits per heavy atom. The molecule has 3 heteroatoms. The lowest BCUT2D eigenvalue weighted by atomic mass is 9.83. The van der Waals surface area contributed by atoms with Crippen LogP contribution in [0.2, 0.25) is 0 Å². The molecule has 2 N–H and O–H groups in total. The minimum absolute atomic E-state index is 0.0298. The maximum absolute atomic E-state index is 13.8. The molecule has 5 aromatic carbocycles. The number of ketones is 1. The summed E-state index contributed by atoms with van der Waals surface area (Å²) in [5.74, 6) is -0.150. The van der Waals surface area contributed by atoms with Gasteiger partial charge in [0.15, 0.2) is 5.78 Å². The third-order valence-corrected chi connectivity index (χ3v) is 6.08. The topological polar surface area (TPSA) is 49.3 Å². The number of hydrogen-bond acceptors (Lipinski definition) is 3. The summed E-state index contributed by atoms with van der Waals surface area (Å²) in [5.41, 5.74) is 3.94. The van der Waals surface area contributed by atoms with E-state index in [2.05, 4.69) is 29.6 Å². The molecule has 0 saturated carbocycles. The number of carbonyl (C=O) groups excluding carboxylic acids is 1. The second kappa shape index (κ2) is 7.10. The summed E-state index contributed by atoms with van der Waals surface area (Å²) in [4.78, 5) is 13.8. The van der Waals surface area contributed by atoms with Crippen molar-refractivity contribution in [3.05, 3.63) is 120 Å². The maximum Gasteiger partial charge on any atom is 0.200 e. The first-order valence-electron chi connectivity index (χ1n) is 10.6. The lowest BCUT2D eigenvalue weighted by Crippen LogP contribution is -2.14. The zero-order valence-corrected chi connectivity index (χ0v) is 17.2. The molecule has 0 atom stereocenters. The van der Waals surface area contributed by atoms with E-state index in [0.717, 1.165) is 32.9 Å². The van der Waals surface area contributed by atoms with Crippen molar-refractivity contribution in [1.82, 2.24) is 0 Å². The normalized spacial score (nSPS) is 13.1. The number of fused-ring (bicyclic) bond motifs is 1. The van der Waals surface area contributed by atoms with E-state index in [1.807, 2.05) is 78.9 Å². The molecule has 0 spiro atoms. The maximum atomic E-state index is 13.8. The van der Waals surface area contributed by atoms with Gasteiger partial charge in [-0.15, -0.1) is 0 Å². The third kappa shape index (κ3) is 2.79. The molecule has 0 fully saturated rings.